The van der Waals surface area contributed by atoms with E-state index in [0.29, 0.717) is 33.9 Å². The molecule has 1 aromatic rings. The largest absolute Gasteiger partial charge is 0.494 e. The number of amides is 1. The molecule has 1 aliphatic heterocycles. The molecule has 1 N–H and O–H groups in total. The third kappa shape index (κ3) is 5.00. The fourth-order valence-electron chi connectivity index (χ4n) is 2.96. The molecule has 1 saturated heterocycles. The highest BCUT2D eigenvalue weighted by Crippen LogP contribution is 2.33. The summed E-state index contributed by atoms with van der Waals surface area (Å²) in [6.45, 7) is 5.10. The fraction of sp³-hybridized carbons (Fsp3) is 0.588. The third-order valence-corrected chi connectivity index (χ3v) is 4.87. The van der Waals surface area contributed by atoms with E-state index in [-0.39, 0.29) is 5.91 Å². The predicted molar refractivity (Wildman–Crippen MR) is 94.9 cm³/mol. The van der Waals surface area contributed by atoms with E-state index < -0.39 is 0 Å². The molecule has 1 amide bonds. The summed E-state index contributed by atoms with van der Waals surface area (Å²) < 4.78 is 5.09. The van der Waals surface area contributed by atoms with Gasteiger partial charge in [0.15, 0.2) is 5.75 Å². The first-order chi connectivity index (χ1) is 11.0. The van der Waals surface area contributed by atoms with Crippen molar-refractivity contribution in [3.05, 3.63) is 27.7 Å². The Hall–Kier alpha value is -0.970. The number of ether oxygens (including phenoxy) is 1. The van der Waals surface area contributed by atoms with Crippen molar-refractivity contribution in [1.82, 2.24) is 10.2 Å². The third-order valence-electron chi connectivity index (χ3n) is 4.31. The number of carbonyl (C=O) groups is 1. The van der Waals surface area contributed by atoms with Crippen molar-refractivity contribution in [3.8, 4) is 5.75 Å². The minimum absolute atomic E-state index is 0.164. The van der Waals surface area contributed by atoms with Gasteiger partial charge in [0.05, 0.1) is 17.2 Å². The summed E-state index contributed by atoms with van der Waals surface area (Å²) in [7, 11) is 1.49. The fourth-order valence-corrected chi connectivity index (χ4v) is 3.60. The summed E-state index contributed by atoms with van der Waals surface area (Å²) in [5.74, 6) is 0.229. The molecule has 0 aromatic heterocycles. The van der Waals surface area contributed by atoms with Gasteiger partial charge < -0.3 is 15.0 Å². The number of nitrogens with one attached hydrogen (secondary N) is 1. The van der Waals surface area contributed by atoms with Crippen molar-refractivity contribution < 1.29 is 9.53 Å². The van der Waals surface area contributed by atoms with Gasteiger partial charge in [0, 0.05) is 24.7 Å². The standard InChI is InChI=1S/C17H24Cl2N2O2/c1-12-6-3-4-8-21(12)9-5-7-20-17(22)13-10-14(18)16(23-2)15(19)11-13/h10-12H,3-9H2,1-2H3,(H,20,22)/t12-/m1/s1. The number of hydrogen-bond donors (Lipinski definition) is 1. The van der Waals surface area contributed by atoms with E-state index in [0.717, 1.165) is 13.0 Å². The summed E-state index contributed by atoms with van der Waals surface area (Å²) in [5, 5.41) is 3.60. The number of piperidine rings is 1. The van der Waals surface area contributed by atoms with Crippen LogP contribution in [-0.2, 0) is 0 Å². The molecule has 0 aliphatic carbocycles. The van der Waals surface area contributed by atoms with Gasteiger partial charge in [-0.15, -0.1) is 0 Å². The van der Waals surface area contributed by atoms with Crippen LogP contribution in [0.3, 0.4) is 0 Å². The Bertz CT molecular complexity index is 528. The van der Waals surface area contributed by atoms with Gasteiger partial charge in [0.2, 0.25) is 0 Å². The molecule has 0 radical (unpaired) electrons. The van der Waals surface area contributed by atoms with Crippen LogP contribution in [0.25, 0.3) is 0 Å². The molecule has 1 aromatic carbocycles. The van der Waals surface area contributed by atoms with E-state index in [1.165, 1.54) is 32.9 Å². The zero-order valence-corrected chi connectivity index (χ0v) is 15.2. The highest BCUT2D eigenvalue weighted by Gasteiger charge is 2.17. The Balaban J connectivity index is 1.81. The Labute approximate surface area is 148 Å². The normalized spacial score (nSPS) is 18.7. The monoisotopic (exact) mass is 358 g/mol. The summed E-state index contributed by atoms with van der Waals surface area (Å²) >= 11 is 12.1. The van der Waals surface area contributed by atoms with Crippen LogP contribution in [0.5, 0.6) is 5.75 Å². The van der Waals surface area contributed by atoms with Crippen LogP contribution >= 0.6 is 23.2 Å². The van der Waals surface area contributed by atoms with Crippen molar-refractivity contribution in [2.45, 2.75) is 38.6 Å². The lowest BCUT2D eigenvalue weighted by Gasteiger charge is -2.33. The van der Waals surface area contributed by atoms with Crippen molar-refractivity contribution in [1.29, 1.82) is 0 Å². The predicted octanol–water partition coefficient (Wildman–Crippen LogP) is 4.00. The molecule has 0 bridgehead atoms. The van der Waals surface area contributed by atoms with Gasteiger partial charge in [0.25, 0.3) is 5.91 Å². The van der Waals surface area contributed by atoms with E-state index >= 15 is 0 Å². The van der Waals surface area contributed by atoms with Gasteiger partial charge in [-0.25, -0.2) is 0 Å². The highest BCUT2D eigenvalue weighted by atomic mass is 35.5. The molecule has 1 aliphatic rings. The molecule has 23 heavy (non-hydrogen) atoms. The number of benzene rings is 1. The first kappa shape index (κ1) is 18.4. The van der Waals surface area contributed by atoms with Crippen LogP contribution in [0.1, 0.15) is 43.0 Å². The van der Waals surface area contributed by atoms with Gasteiger partial charge in [-0.1, -0.05) is 29.6 Å². The highest BCUT2D eigenvalue weighted by molar-refractivity contribution is 6.37. The lowest BCUT2D eigenvalue weighted by Crippen LogP contribution is -2.39. The molecule has 4 nitrogen and oxygen atoms in total. The number of likely N-dealkylation sites (tertiary alicyclic amines) is 1. The smallest absolute Gasteiger partial charge is 0.251 e. The van der Waals surface area contributed by atoms with Gasteiger partial charge in [0.1, 0.15) is 0 Å². The summed E-state index contributed by atoms with van der Waals surface area (Å²) in [6, 6.07) is 3.81. The number of rotatable bonds is 6. The lowest BCUT2D eigenvalue weighted by atomic mass is 10.0. The lowest BCUT2D eigenvalue weighted by molar-refractivity contribution is 0.0949. The number of hydrogen-bond acceptors (Lipinski definition) is 3. The quantitative estimate of drug-likeness (QED) is 0.781. The molecule has 1 atom stereocenters. The van der Waals surface area contributed by atoms with Gasteiger partial charge in [-0.3, -0.25) is 4.79 Å². The topological polar surface area (TPSA) is 41.6 Å². The molecule has 0 unspecified atom stereocenters. The second-order valence-electron chi connectivity index (χ2n) is 5.96. The number of carbonyl (C=O) groups excluding carboxylic acids is 1. The molecule has 1 heterocycles. The molecular formula is C17H24Cl2N2O2. The van der Waals surface area contributed by atoms with Crippen molar-refractivity contribution >= 4 is 29.1 Å². The minimum atomic E-state index is -0.164. The van der Waals surface area contributed by atoms with Crippen molar-refractivity contribution in [2.24, 2.45) is 0 Å². The Kier molecular flexibility index (Phi) is 7.00. The van der Waals surface area contributed by atoms with Crippen LogP contribution < -0.4 is 10.1 Å². The summed E-state index contributed by atoms with van der Waals surface area (Å²) in [5.41, 5.74) is 0.451. The molecule has 1 fully saturated rings. The van der Waals surface area contributed by atoms with Gasteiger partial charge >= 0.3 is 0 Å². The number of nitrogens with zero attached hydrogens (tertiary/aromatic N) is 1. The van der Waals surface area contributed by atoms with E-state index in [2.05, 4.69) is 17.1 Å². The van der Waals surface area contributed by atoms with E-state index in [1.807, 2.05) is 0 Å². The molecule has 0 saturated carbocycles. The maximum absolute atomic E-state index is 12.2. The van der Waals surface area contributed by atoms with E-state index in [4.69, 9.17) is 27.9 Å². The van der Waals surface area contributed by atoms with Crippen LogP contribution in [0.2, 0.25) is 10.0 Å². The average molecular weight is 359 g/mol. The summed E-state index contributed by atoms with van der Waals surface area (Å²) in [6.07, 6.45) is 4.82. The van der Waals surface area contributed by atoms with Crippen LogP contribution in [0, 0.1) is 0 Å². The maximum atomic E-state index is 12.2. The molecule has 0 spiro atoms. The first-order valence-corrected chi connectivity index (χ1v) is 8.83. The molecule has 6 heteroatoms. The number of halogens is 2. The molecular weight excluding hydrogens is 335 g/mol. The molecule has 2 rings (SSSR count). The summed E-state index contributed by atoms with van der Waals surface area (Å²) in [4.78, 5) is 14.7. The maximum Gasteiger partial charge on any atom is 0.251 e. The Morgan fingerprint density at radius 3 is 2.65 bits per heavy atom. The van der Waals surface area contributed by atoms with E-state index in [1.54, 1.807) is 12.1 Å². The molecule has 128 valence electrons. The second-order valence-corrected chi connectivity index (χ2v) is 6.78. The second kappa shape index (κ2) is 8.76. The number of methoxy groups -OCH3 is 1. The first-order valence-electron chi connectivity index (χ1n) is 8.08. The zero-order valence-electron chi connectivity index (χ0n) is 13.7. The van der Waals surface area contributed by atoms with Crippen molar-refractivity contribution in [2.75, 3.05) is 26.7 Å². The SMILES string of the molecule is COc1c(Cl)cc(C(=O)NCCCN2CCCC[C@H]2C)cc1Cl. The van der Waals surface area contributed by atoms with Crippen LogP contribution in [-0.4, -0.2) is 43.6 Å². The van der Waals surface area contributed by atoms with Crippen molar-refractivity contribution in [3.63, 3.8) is 0 Å². The average Bonchev–Trinajstić information content (AvgIpc) is 2.52. The van der Waals surface area contributed by atoms with Gasteiger partial charge in [-0.05, 0) is 44.9 Å². The van der Waals surface area contributed by atoms with Gasteiger partial charge in [-0.2, -0.15) is 0 Å². The zero-order chi connectivity index (χ0) is 16.8. The Morgan fingerprint density at radius 1 is 1.35 bits per heavy atom. The Morgan fingerprint density at radius 2 is 2.04 bits per heavy atom. The minimum Gasteiger partial charge on any atom is -0.494 e. The van der Waals surface area contributed by atoms with Crippen LogP contribution in [0.4, 0.5) is 0 Å². The van der Waals surface area contributed by atoms with E-state index in [9.17, 15) is 4.79 Å². The van der Waals surface area contributed by atoms with Crippen LogP contribution in [0.15, 0.2) is 12.1 Å².